The van der Waals surface area contributed by atoms with E-state index in [1.165, 1.54) is 0 Å². The first-order valence-corrected chi connectivity index (χ1v) is 6.98. The molecule has 0 aliphatic carbocycles. The van der Waals surface area contributed by atoms with Gasteiger partial charge in [0.25, 0.3) is 5.91 Å². The van der Waals surface area contributed by atoms with Gasteiger partial charge in [-0.3, -0.25) is 9.59 Å². The Morgan fingerprint density at radius 1 is 1.29 bits per heavy atom. The first-order valence-electron chi connectivity index (χ1n) is 6.98. The number of fused-ring (bicyclic) bond motifs is 1. The molecule has 3 N–H and O–H groups in total. The van der Waals surface area contributed by atoms with Gasteiger partial charge in [0.05, 0.1) is 0 Å². The van der Waals surface area contributed by atoms with Gasteiger partial charge < -0.3 is 10.6 Å². The molecule has 1 atom stereocenters. The van der Waals surface area contributed by atoms with Gasteiger partial charge in [-0.1, -0.05) is 6.92 Å². The maximum atomic E-state index is 12.0. The van der Waals surface area contributed by atoms with Gasteiger partial charge in [-0.2, -0.15) is 15.4 Å². The Kier molecular flexibility index (Phi) is 4.86. The van der Waals surface area contributed by atoms with E-state index in [1.54, 1.807) is 18.2 Å². The van der Waals surface area contributed by atoms with Gasteiger partial charge >= 0.3 is 0 Å². The second kappa shape index (κ2) is 6.83. The highest BCUT2D eigenvalue weighted by atomic mass is 16.2. The average Bonchev–Trinajstić information content (AvgIpc) is 2.94. The topological polar surface area (TPSA) is 99.8 Å². The molecular weight excluding hydrogens is 270 g/mol. The molecular formula is C14H19N5O2. The second-order valence-corrected chi connectivity index (χ2v) is 4.91. The van der Waals surface area contributed by atoms with Gasteiger partial charge in [-0.15, -0.1) is 0 Å². The van der Waals surface area contributed by atoms with Crippen LogP contribution in [0.1, 0.15) is 37.0 Å². The van der Waals surface area contributed by atoms with E-state index in [2.05, 4.69) is 26.0 Å². The van der Waals surface area contributed by atoms with Crippen molar-refractivity contribution in [3.05, 3.63) is 23.8 Å². The summed E-state index contributed by atoms with van der Waals surface area (Å²) < 4.78 is 0. The summed E-state index contributed by atoms with van der Waals surface area (Å²) in [5.41, 5.74) is 1.84. The Bertz CT molecular complexity index is 637. The molecule has 0 radical (unpaired) electrons. The molecule has 0 saturated carbocycles. The lowest BCUT2D eigenvalue weighted by molar-refractivity contribution is -0.121. The van der Waals surface area contributed by atoms with E-state index in [0.29, 0.717) is 23.1 Å². The Labute approximate surface area is 122 Å². The normalized spacial score (nSPS) is 12.1. The number of H-pyrrole nitrogens is 1. The lowest BCUT2D eigenvalue weighted by Crippen LogP contribution is -2.35. The molecule has 2 aromatic rings. The highest BCUT2D eigenvalue weighted by molar-refractivity contribution is 5.97. The number of nitrogens with one attached hydrogen (secondary N) is 3. The van der Waals surface area contributed by atoms with Crippen molar-refractivity contribution in [2.75, 3.05) is 6.54 Å². The van der Waals surface area contributed by atoms with Crippen molar-refractivity contribution >= 4 is 22.8 Å². The molecule has 112 valence electrons. The minimum absolute atomic E-state index is 0.0587. The van der Waals surface area contributed by atoms with Crippen molar-refractivity contribution in [1.82, 2.24) is 26.0 Å². The maximum absolute atomic E-state index is 12.0. The average molecular weight is 289 g/mol. The minimum atomic E-state index is -0.226. The second-order valence-electron chi connectivity index (χ2n) is 4.91. The zero-order chi connectivity index (χ0) is 15.2. The third kappa shape index (κ3) is 4.01. The van der Waals surface area contributed by atoms with E-state index in [9.17, 15) is 9.59 Å². The number of aromatic amines is 1. The molecule has 2 amide bonds. The predicted molar refractivity (Wildman–Crippen MR) is 78.7 cm³/mol. The summed E-state index contributed by atoms with van der Waals surface area (Å²) >= 11 is 0. The molecule has 1 aromatic heterocycles. The van der Waals surface area contributed by atoms with E-state index >= 15 is 0 Å². The molecule has 0 aliphatic rings. The summed E-state index contributed by atoms with van der Waals surface area (Å²) in [6.45, 7) is 4.26. The maximum Gasteiger partial charge on any atom is 0.251 e. The molecule has 7 heteroatoms. The number of carbonyl (C=O) groups is 2. The quantitative estimate of drug-likeness (QED) is 0.738. The Morgan fingerprint density at radius 2 is 2.05 bits per heavy atom. The molecule has 7 nitrogen and oxygen atoms in total. The number of nitrogens with zero attached hydrogens (tertiary/aromatic N) is 2. The van der Waals surface area contributed by atoms with Crippen LogP contribution in [-0.4, -0.2) is 39.8 Å². The SMILES string of the molecule is CC[C@@H](C)NC(=O)CCNC(=O)c1ccc2n[nH]nc2c1. The number of rotatable bonds is 6. The summed E-state index contributed by atoms with van der Waals surface area (Å²) in [7, 11) is 0. The number of hydrogen-bond donors (Lipinski definition) is 3. The summed E-state index contributed by atoms with van der Waals surface area (Å²) in [6, 6.07) is 5.22. The van der Waals surface area contributed by atoms with E-state index in [0.717, 1.165) is 6.42 Å². The Morgan fingerprint density at radius 3 is 2.81 bits per heavy atom. The van der Waals surface area contributed by atoms with E-state index in [1.807, 2.05) is 13.8 Å². The molecule has 0 saturated heterocycles. The van der Waals surface area contributed by atoms with Crippen LogP contribution in [-0.2, 0) is 4.79 Å². The molecule has 1 aromatic carbocycles. The van der Waals surface area contributed by atoms with Crippen molar-refractivity contribution in [2.45, 2.75) is 32.7 Å². The Balaban J connectivity index is 1.83. The van der Waals surface area contributed by atoms with Crippen LogP contribution in [0.5, 0.6) is 0 Å². The van der Waals surface area contributed by atoms with E-state index < -0.39 is 0 Å². The fourth-order valence-corrected chi connectivity index (χ4v) is 1.82. The fourth-order valence-electron chi connectivity index (χ4n) is 1.82. The molecule has 0 unspecified atom stereocenters. The smallest absolute Gasteiger partial charge is 0.251 e. The largest absolute Gasteiger partial charge is 0.354 e. The van der Waals surface area contributed by atoms with Crippen LogP contribution in [0.3, 0.4) is 0 Å². The highest BCUT2D eigenvalue weighted by Crippen LogP contribution is 2.10. The third-order valence-corrected chi connectivity index (χ3v) is 3.24. The summed E-state index contributed by atoms with van der Waals surface area (Å²) in [5, 5.41) is 15.9. The van der Waals surface area contributed by atoms with Gasteiger partial charge in [-0.05, 0) is 31.5 Å². The van der Waals surface area contributed by atoms with Crippen LogP contribution >= 0.6 is 0 Å². The summed E-state index contributed by atoms with van der Waals surface area (Å²) in [6.07, 6.45) is 1.15. The van der Waals surface area contributed by atoms with Gasteiger partial charge in [0.1, 0.15) is 11.0 Å². The van der Waals surface area contributed by atoms with E-state index in [4.69, 9.17) is 0 Å². The summed E-state index contributed by atoms with van der Waals surface area (Å²) in [5.74, 6) is -0.284. The predicted octanol–water partition coefficient (Wildman–Crippen LogP) is 0.992. The summed E-state index contributed by atoms with van der Waals surface area (Å²) in [4.78, 5) is 23.6. The van der Waals surface area contributed by atoms with Crippen LogP contribution in [0.2, 0.25) is 0 Å². The number of amides is 2. The zero-order valence-electron chi connectivity index (χ0n) is 12.1. The van der Waals surface area contributed by atoms with Crippen LogP contribution in [0, 0.1) is 0 Å². The first-order chi connectivity index (χ1) is 10.1. The standard InChI is InChI=1S/C14H19N5O2/c1-3-9(2)16-13(20)6-7-15-14(21)10-4-5-11-12(8-10)18-19-17-11/h4-5,8-9H,3,6-7H2,1-2H3,(H,15,21)(H,16,20)(H,17,18,19)/t9-/m1/s1. The lowest BCUT2D eigenvalue weighted by Gasteiger charge is -2.11. The van der Waals surface area contributed by atoms with Crippen molar-refractivity contribution < 1.29 is 9.59 Å². The van der Waals surface area contributed by atoms with Crippen molar-refractivity contribution in [1.29, 1.82) is 0 Å². The molecule has 2 rings (SSSR count). The van der Waals surface area contributed by atoms with Gasteiger partial charge in [-0.25, -0.2) is 0 Å². The number of carbonyl (C=O) groups excluding carboxylic acids is 2. The highest BCUT2D eigenvalue weighted by Gasteiger charge is 2.09. The first kappa shape index (κ1) is 15.0. The molecule has 21 heavy (non-hydrogen) atoms. The molecule has 0 fully saturated rings. The lowest BCUT2D eigenvalue weighted by atomic mass is 10.2. The van der Waals surface area contributed by atoms with Gasteiger partial charge in [0.15, 0.2) is 0 Å². The van der Waals surface area contributed by atoms with Crippen molar-refractivity contribution in [2.24, 2.45) is 0 Å². The Hall–Kier alpha value is -2.44. The number of benzene rings is 1. The van der Waals surface area contributed by atoms with E-state index in [-0.39, 0.29) is 24.3 Å². The number of hydrogen-bond acceptors (Lipinski definition) is 4. The van der Waals surface area contributed by atoms with Crippen LogP contribution in [0.15, 0.2) is 18.2 Å². The zero-order valence-corrected chi connectivity index (χ0v) is 12.1. The van der Waals surface area contributed by atoms with Crippen molar-refractivity contribution in [3.63, 3.8) is 0 Å². The molecule has 0 spiro atoms. The van der Waals surface area contributed by atoms with Gasteiger partial charge in [0.2, 0.25) is 5.91 Å². The van der Waals surface area contributed by atoms with Crippen LogP contribution in [0.4, 0.5) is 0 Å². The van der Waals surface area contributed by atoms with Gasteiger partial charge in [0, 0.05) is 24.6 Å². The van der Waals surface area contributed by atoms with Crippen LogP contribution in [0.25, 0.3) is 11.0 Å². The monoisotopic (exact) mass is 289 g/mol. The minimum Gasteiger partial charge on any atom is -0.354 e. The molecule has 1 heterocycles. The fraction of sp³-hybridized carbons (Fsp3) is 0.429. The molecule has 0 bridgehead atoms. The van der Waals surface area contributed by atoms with Crippen molar-refractivity contribution in [3.8, 4) is 0 Å². The molecule has 0 aliphatic heterocycles. The third-order valence-electron chi connectivity index (χ3n) is 3.24. The van der Waals surface area contributed by atoms with Crippen LogP contribution < -0.4 is 10.6 Å². The number of aromatic nitrogens is 3.